The molecule has 0 aliphatic rings. The number of rotatable bonds is 11. The van der Waals surface area contributed by atoms with Crippen LogP contribution in [0.3, 0.4) is 0 Å². The van der Waals surface area contributed by atoms with Gasteiger partial charge < -0.3 is 25.7 Å². The van der Waals surface area contributed by atoms with Crippen LogP contribution in [0.4, 0.5) is 11.4 Å². The number of hydrogen-bond acceptors (Lipinski definition) is 5. The van der Waals surface area contributed by atoms with Crippen molar-refractivity contribution in [1.82, 2.24) is 10.3 Å². The predicted molar refractivity (Wildman–Crippen MR) is 197 cm³/mol. The van der Waals surface area contributed by atoms with Gasteiger partial charge >= 0.3 is 0 Å². The summed E-state index contributed by atoms with van der Waals surface area (Å²) in [7, 11) is 1.53. The summed E-state index contributed by atoms with van der Waals surface area (Å²) in [4.78, 5) is 44.6. The topological polar surface area (TPSA) is 112 Å². The molecule has 0 bridgehead atoms. The molecule has 0 fully saturated rings. The van der Waals surface area contributed by atoms with E-state index >= 15 is 0 Å². The van der Waals surface area contributed by atoms with Crippen LogP contribution in [0, 0.1) is 0 Å². The molecule has 244 valence electrons. The third-order valence-electron chi connectivity index (χ3n) is 7.56. The van der Waals surface area contributed by atoms with Crippen molar-refractivity contribution in [3.8, 4) is 5.75 Å². The summed E-state index contributed by atoms with van der Waals surface area (Å²) >= 11 is 7.63. The number of benzene rings is 5. The van der Waals surface area contributed by atoms with Gasteiger partial charge in [-0.1, -0.05) is 84.4 Å². The Morgan fingerprint density at radius 3 is 2.27 bits per heavy atom. The van der Waals surface area contributed by atoms with Gasteiger partial charge in [0.2, 0.25) is 5.91 Å². The van der Waals surface area contributed by atoms with Crippen LogP contribution in [0.2, 0.25) is 5.02 Å². The van der Waals surface area contributed by atoms with Gasteiger partial charge in [0.05, 0.1) is 12.1 Å². The van der Waals surface area contributed by atoms with Gasteiger partial charge in [-0.15, -0.1) is 11.8 Å². The Kier molecular flexibility index (Phi) is 10.4. The highest BCUT2D eigenvalue weighted by Crippen LogP contribution is 2.38. The second-order valence-corrected chi connectivity index (χ2v) is 12.5. The first-order chi connectivity index (χ1) is 23.9. The summed E-state index contributed by atoms with van der Waals surface area (Å²) in [5, 5.41) is 9.34. The lowest BCUT2D eigenvalue weighted by atomic mass is 10.1. The summed E-state index contributed by atoms with van der Waals surface area (Å²) in [6.45, 7) is 0. The van der Waals surface area contributed by atoms with Crippen LogP contribution < -0.4 is 20.7 Å². The molecule has 1 aromatic heterocycles. The highest BCUT2D eigenvalue weighted by Gasteiger charge is 2.23. The van der Waals surface area contributed by atoms with E-state index in [4.69, 9.17) is 16.3 Å². The summed E-state index contributed by atoms with van der Waals surface area (Å²) < 4.78 is 5.23. The third kappa shape index (κ3) is 8.21. The van der Waals surface area contributed by atoms with Crippen molar-refractivity contribution in [2.24, 2.45) is 0 Å². The smallest absolute Gasteiger partial charge is 0.272 e. The number of carbonyl (C=O) groups is 3. The lowest BCUT2D eigenvalue weighted by Crippen LogP contribution is -2.30. The number of H-pyrrole nitrogens is 1. The number of aromatic amines is 1. The Morgan fingerprint density at radius 1 is 0.796 bits per heavy atom. The fraction of sp³-hybridized carbons (Fsp3) is 0.0513. The highest BCUT2D eigenvalue weighted by atomic mass is 35.5. The summed E-state index contributed by atoms with van der Waals surface area (Å²) in [6, 6.07) is 38.1. The first-order valence-electron chi connectivity index (χ1n) is 15.3. The molecule has 0 saturated carbocycles. The standard InChI is InChI=1S/C39H31ClN4O4S/c1-48-35-20-19-29(23-32(35)40)43-39(47)36(25-11-4-2-5-12-25)49-30-16-10-15-28(22-30)42-38(46)34(44-37(45)26-13-6-3-7-14-26)21-27-24-41-33-18-9-8-17-31(27)33/h2-24,36,41H,1H3,(H,42,46)(H,43,47)(H,44,45)/b34-21-. The molecule has 3 amide bonds. The molecule has 5 aromatic carbocycles. The maximum atomic E-state index is 13.8. The normalized spacial score (nSPS) is 11.8. The van der Waals surface area contributed by atoms with Crippen molar-refractivity contribution < 1.29 is 19.1 Å². The third-order valence-corrected chi connectivity index (χ3v) is 9.10. The van der Waals surface area contributed by atoms with E-state index in [9.17, 15) is 14.4 Å². The molecule has 0 aliphatic heterocycles. The number of ether oxygens (including phenoxy) is 1. The molecular weight excluding hydrogens is 656 g/mol. The number of methoxy groups -OCH3 is 1. The van der Waals surface area contributed by atoms with Crippen LogP contribution in [0.1, 0.15) is 26.7 Å². The van der Waals surface area contributed by atoms with Crippen molar-refractivity contribution in [2.45, 2.75) is 10.1 Å². The fourth-order valence-electron chi connectivity index (χ4n) is 5.15. The van der Waals surface area contributed by atoms with Gasteiger partial charge in [-0.2, -0.15) is 0 Å². The summed E-state index contributed by atoms with van der Waals surface area (Å²) in [5.74, 6) is -0.669. The van der Waals surface area contributed by atoms with Gasteiger partial charge in [0.25, 0.3) is 11.8 Å². The molecule has 1 atom stereocenters. The largest absolute Gasteiger partial charge is 0.495 e. The molecule has 0 radical (unpaired) electrons. The highest BCUT2D eigenvalue weighted by molar-refractivity contribution is 8.00. The molecule has 6 aromatic rings. The number of aromatic nitrogens is 1. The van der Waals surface area contributed by atoms with Gasteiger partial charge in [-0.05, 0) is 66.2 Å². The van der Waals surface area contributed by atoms with E-state index in [0.717, 1.165) is 26.9 Å². The average Bonchev–Trinajstić information content (AvgIpc) is 3.54. The minimum atomic E-state index is -0.629. The number of fused-ring (bicyclic) bond motifs is 1. The molecule has 1 unspecified atom stereocenters. The van der Waals surface area contributed by atoms with Crippen molar-refractivity contribution in [1.29, 1.82) is 0 Å². The second kappa shape index (κ2) is 15.4. The van der Waals surface area contributed by atoms with Crippen LogP contribution in [-0.2, 0) is 9.59 Å². The number of hydrogen-bond donors (Lipinski definition) is 4. The maximum Gasteiger partial charge on any atom is 0.272 e. The first-order valence-corrected chi connectivity index (χ1v) is 16.6. The fourth-order valence-corrected chi connectivity index (χ4v) is 6.49. The minimum absolute atomic E-state index is 0.0661. The van der Waals surface area contributed by atoms with E-state index in [1.54, 1.807) is 72.9 Å². The Bertz CT molecular complexity index is 2150. The number of halogens is 1. The van der Waals surface area contributed by atoms with Crippen LogP contribution in [0.25, 0.3) is 17.0 Å². The molecule has 8 nitrogen and oxygen atoms in total. The zero-order valence-corrected chi connectivity index (χ0v) is 27.8. The number of anilines is 2. The number of amides is 3. The Labute approximate surface area is 292 Å². The molecule has 0 aliphatic carbocycles. The van der Waals surface area contributed by atoms with Crippen molar-refractivity contribution >= 4 is 69.4 Å². The van der Waals surface area contributed by atoms with Crippen LogP contribution in [-0.4, -0.2) is 29.8 Å². The molecular formula is C39H31ClN4O4S. The minimum Gasteiger partial charge on any atom is -0.495 e. The average molecular weight is 687 g/mol. The zero-order chi connectivity index (χ0) is 34.2. The van der Waals surface area contributed by atoms with Gasteiger partial charge in [0, 0.05) is 44.5 Å². The first kappa shape index (κ1) is 33.1. The molecule has 10 heteroatoms. The maximum absolute atomic E-state index is 13.8. The van der Waals surface area contributed by atoms with Crippen molar-refractivity contribution in [2.75, 3.05) is 17.7 Å². The second-order valence-electron chi connectivity index (χ2n) is 10.9. The number of para-hydroxylation sites is 1. The number of thioether (sulfide) groups is 1. The van der Waals surface area contributed by atoms with Gasteiger partial charge in [-0.3, -0.25) is 14.4 Å². The lowest BCUT2D eigenvalue weighted by Gasteiger charge is -2.18. The molecule has 6 rings (SSSR count). The lowest BCUT2D eigenvalue weighted by molar-refractivity contribution is -0.116. The Balaban J connectivity index is 1.25. The Hall–Kier alpha value is -5.77. The van der Waals surface area contributed by atoms with Gasteiger partial charge in [-0.25, -0.2) is 0 Å². The molecule has 1 heterocycles. The SMILES string of the molecule is COc1ccc(NC(=O)C(Sc2cccc(NC(=O)/C(=C/c3c[nH]c4ccccc34)NC(=O)c3ccccc3)c2)c2ccccc2)cc1Cl. The molecule has 0 saturated heterocycles. The molecule has 49 heavy (non-hydrogen) atoms. The van der Waals surface area contributed by atoms with Gasteiger partial charge in [0.1, 0.15) is 16.7 Å². The van der Waals surface area contributed by atoms with E-state index in [-0.39, 0.29) is 11.6 Å². The zero-order valence-electron chi connectivity index (χ0n) is 26.3. The van der Waals surface area contributed by atoms with Gasteiger partial charge in [0.15, 0.2) is 0 Å². The van der Waals surface area contributed by atoms with Crippen molar-refractivity contribution in [3.05, 3.63) is 161 Å². The van der Waals surface area contributed by atoms with Crippen molar-refractivity contribution in [3.63, 3.8) is 0 Å². The van der Waals surface area contributed by atoms with E-state index in [1.807, 2.05) is 66.7 Å². The monoisotopic (exact) mass is 686 g/mol. The number of carbonyl (C=O) groups excluding carboxylic acids is 3. The van der Waals surface area contributed by atoms with E-state index < -0.39 is 17.1 Å². The predicted octanol–water partition coefficient (Wildman–Crippen LogP) is 8.71. The van der Waals surface area contributed by atoms with Crippen LogP contribution >= 0.6 is 23.4 Å². The molecule has 4 N–H and O–H groups in total. The summed E-state index contributed by atoms with van der Waals surface area (Å²) in [6.07, 6.45) is 3.44. The summed E-state index contributed by atoms with van der Waals surface area (Å²) in [5.41, 5.74) is 3.95. The van der Waals surface area contributed by atoms with E-state index in [1.165, 1.54) is 18.9 Å². The molecule has 0 spiro atoms. The quantitative estimate of drug-likeness (QED) is 0.0805. The number of nitrogens with one attached hydrogen (secondary N) is 4. The van der Waals surface area contributed by atoms with Crippen LogP contribution in [0.15, 0.2) is 144 Å². The van der Waals surface area contributed by atoms with E-state index in [2.05, 4.69) is 20.9 Å². The Morgan fingerprint density at radius 2 is 1.51 bits per heavy atom. The van der Waals surface area contributed by atoms with E-state index in [0.29, 0.717) is 27.7 Å². The van der Waals surface area contributed by atoms with Crippen LogP contribution in [0.5, 0.6) is 5.75 Å².